The highest BCUT2D eigenvalue weighted by atomic mass is 16.5. The zero-order chi connectivity index (χ0) is 19.1. The van der Waals surface area contributed by atoms with Crippen LogP contribution in [0, 0.1) is 13.8 Å². The number of methoxy groups -OCH3 is 1. The second-order valence-corrected chi connectivity index (χ2v) is 6.26. The van der Waals surface area contributed by atoms with Crippen molar-refractivity contribution in [1.29, 1.82) is 0 Å². The van der Waals surface area contributed by atoms with Crippen molar-refractivity contribution in [3.8, 4) is 0 Å². The molecule has 0 aliphatic carbocycles. The molecule has 1 saturated heterocycles. The van der Waals surface area contributed by atoms with Crippen LogP contribution in [0.3, 0.4) is 0 Å². The molecule has 1 fully saturated rings. The summed E-state index contributed by atoms with van der Waals surface area (Å²) in [4.78, 5) is 39.4. The minimum atomic E-state index is -0.309. The van der Waals surface area contributed by atoms with E-state index in [9.17, 15) is 14.4 Å². The SMILES string of the molecule is COCCNC(=O)CN1CCN(C(=O)Nc2cccc(C)c2C)CC1=O. The maximum atomic E-state index is 12.4. The Labute approximate surface area is 153 Å². The van der Waals surface area contributed by atoms with Crippen molar-refractivity contribution in [2.45, 2.75) is 13.8 Å². The Balaban J connectivity index is 1.85. The van der Waals surface area contributed by atoms with Gasteiger partial charge in [-0.05, 0) is 31.0 Å². The summed E-state index contributed by atoms with van der Waals surface area (Å²) in [5, 5.41) is 5.53. The average molecular weight is 362 g/mol. The monoisotopic (exact) mass is 362 g/mol. The molecule has 0 unspecified atom stereocenters. The summed E-state index contributed by atoms with van der Waals surface area (Å²) in [5.41, 5.74) is 2.82. The molecular formula is C18H26N4O4. The van der Waals surface area contributed by atoms with Gasteiger partial charge in [0, 0.05) is 32.4 Å². The van der Waals surface area contributed by atoms with E-state index in [4.69, 9.17) is 4.74 Å². The van der Waals surface area contributed by atoms with Crippen LogP contribution in [0.25, 0.3) is 0 Å². The maximum absolute atomic E-state index is 12.4. The number of carbonyl (C=O) groups is 3. The van der Waals surface area contributed by atoms with Crippen molar-refractivity contribution < 1.29 is 19.1 Å². The van der Waals surface area contributed by atoms with Crippen molar-refractivity contribution in [2.24, 2.45) is 0 Å². The third-order valence-electron chi connectivity index (χ3n) is 4.41. The highest BCUT2D eigenvalue weighted by Crippen LogP contribution is 2.18. The van der Waals surface area contributed by atoms with Gasteiger partial charge < -0.3 is 25.2 Å². The van der Waals surface area contributed by atoms with Gasteiger partial charge in [0.25, 0.3) is 0 Å². The molecule has 1 aromatic carbocycles. The molecule has 0 spiro atoms. The molecule has 8 heteroatoms. The molecule has 0 bridgehead atoms. The molecule has 0 saturated carbocycles. The Hall–Kier alpha value is -2.61. The van der Waals surface area contributed by atoms with Gasteiger partial charge in [-0.25, -0.2) is 4.79 Å². The summed E-state index contributed by atoms with van der Waals surface area (Å²) in [6.45, 7) is 5.41. The number of amides is 4. The zero-order valence-corrected chi connectivity index (χ0v) is 15.5. The number of ether oxygens (including phenoxy) is 1. The number of nitrogens with one attached hydrogen (secondary N) is 2. The number of hydrogen-bond donors (Lipinski definition) is 2. The summed E-state index contributed by atoms with van der Waals surface area (Å²) in [5.74, 6) is -0.474. The van der Waals surface area contributed by atoms with Gasteiger partial charge in [0.05, 0.1) is 13.2 Å². The van der Waals surface area contributed by atoms with E-state index in [2.05, 4.69) is 10.6 Å². The quantitative estimate of drug-likeness (QED) is 0.731. The highest BCUT2D eigenvalue weighted by Gasteiger charge is 2.28. The van der Waals surface area contributed by atoms with Crippen molar-refractivity contribution in [1.82, 2.24) is 15.1 Å². The fraction of sp³-hybridized carbons (Fsp3) is 0.500. The lowest BCUT2D eigenvalue weighted by molar-refractivity contribution is -0.139. The number of urea groups is 1. The van der Waals surface area contributed by atoms with Gasteiger partial charge in [0.1, 0.15) is 6.54 Å². The van der Waals surface area contributed by atoms with Gasteiger partial charge in [-0.2, -0.15) is 0 Å². The van der Waals surface area contributed by atoms with Crippen LogP contribution in [0.4, 0.5) is 10.5 Å². The molecule has 1 aliphatic heterocycles. The molecule has 4 amide bonds. The van der Waals surface area contributed by atoms with Crippen molar-refractivity contribution in [3.63, 3.8) is 0 Å². The van der Waals surface area contributed by atoms with Crippen LogP contribution in [-0.4, -0.2) is 74.1 Å². The van der Waals surface area contributed by atoms with E-state index < -0.39 is 0 Å². The summed E-state index contributed by atoms with van der Waals surface area (Å²) in [7, 11) is 1.55. The van der Waals surface area contributed by atoms with Gasteiger partial charge in [0.2, 0.25) is 11.8 Å². The van der Waals surface area contributed by atoms with E-state index in [1.807, 2.05) is 32.0 Å². The molecule has 0 atom stereocenters. The Morgan fingerprint density at radius 2 is 2.00 bits per heavy atom. The number of carbonyl (C=O) groups excluding carboxylic acids is 3. The number of hydrogen-bond acceptors (Lipinski definition) is 4. The van der Waals surface area contributed by atoms with E-state index in [-0.39, 0.29) is 30.9 Å². The van der Waals surface area contributed by atoms with Gasteiger partial charge in [0.15, 0.2) is 0 Å². The number of piperazine rings is 1. The van der Waals surface area contributed by atoms with E-state index in [1.54, 1.807) is 7.11 Å². The lowest BCUT2D eigenvalue weighted by Crippen LogP contribution is -2.55. The van der Waals surface area contributed by atoms with Crippen LogP contribution in [0.2, 0.25) is 0 Å². The Morgan fingerprint density at radius 3 is 2.69 bits per heavy atom. The van der Waals surface area contributed by atoms with Crippen molar-refractivity contribution >= 4 is 23.5 Å². The third kappa shape index (κ3) is 5.19. The lowest BCUT2D eigenvalue weighted by Gasteiger charge is -2.34. The fourth-order valence-corrected chi connectivity index (χ4v) is 2.65. The second-order valence-electron chi connectivity index (χ2n) is 6.26. The first-order chi connectivity index (χ1) is 12.4. The summed E-state index contributed by atoms with van der Waals surface area (Å²) in [6, 6.07) is 5.38. The zero-order valence-electron chi connectivity index (χ0n) is 15.5. The fourth-order valence-electron chi connectivity index (χ4n) is 2.65. The topological polar surface area (TPSA) is 91.0 Å². The Bertz CT molecular complexity index is 677. The van der Waals surface area contributed by atoms with E-state index in [0.29, 0.717) is 26.2 Å². The Morgan fingerprint density at radius 1 is 1.23 bits per heavy atom. The highest BCUT2D eigenvalue weighted by molar-refractivity contribution is 5.94. The normalized spacial score (nSPS) is 14.3. The number of nitrogens with zero attached hydrogens (tertiary/aromatic N) is 2. The van der Waals surface area contributed by atoms with E-state index >= 15 is 0 Å². The number of aryl methyl sites for hydroxylation is 1. The molecule has 8 nitrogen and oxygen atoms in total. The first-order valence-electron chi connectivity index (χ1n) is 8.58. The predicted octanol–water partition coefficient (Wildman–Crippen LogP) is 0.742. The number of anilines is 1. The van der Waals surface area contributed by atoms with Gasteiger partial charge in [-0.1, -0.05) is 12.1 Å². The standard InChI is InChI=1S/C18H26N4O4/c1-13-5-4-6-15(14(13)2)20-18(25)22-9-8-21(17(24)12-22)11-16(23)19-7-10-26-3/h4-6H,7-12H2,1-3H3,(H,19,23)(H,20,25). The number of rotatable bonds is 6. The number of benzene rings is 1. The molecule has 26 heavy (non-hydrogen) atoms. The van der Waals surface area contributed by atoms with E-state index in [0.717, 1.165) is 16.8 Å². The minimum Gasteiger partial charge on any atom is -0.383 e. The first kappa shape index (κ1) is 19.7. The second kappa shape index (κ2) is 9.19. The molecule has 1 aliphatic rings. The molecule has 0 radical (unpaired) electrons. The average Bonchev–Trinajstić information content (AvgIpc) is 2.61. The minimum absolute atomic E-state index is 0.00497. The maximum Gasteiger partial charge on any atom is 0.322 e. The molecule has 2 N–H and O–H groups in total. The lowest BCUT2D eigenvalue weighted by atomic mass is 10.1. The summed E-state index contributed by atoms with van der Waals surface area (Å²) in [6.07, 6.45) is 0. The van der Waals surface area contributed by atoms with Crippen LogP contribution in [0.1, 0.15) is 11.1 Å². The molecule has 1 aromatic rings. The molecule has 142 valence electrons. The van der Waals surface area contributed by atoms with Crippen LogP contribution >= 0.6 is 0 Å². The molecule has 2 rings (SSSR count). The largest absolute Gasteiger partial charge is 0.383 e. The third-order valence-corrected chi connectivity index (χ3v) is 4.41. The van der Waals surface area contributed by atoms with E-state index in [1.165, 1.54) is 9.80 Å². The van der Waals surface area contributed by atoms with Crippen LogP contribution in [-0.2, 0) is 14.3 Å². The van der Waals surface area contributed by atoms with Crippen molar-refractivity contribution in [2.75, 3.05) is 51.8 Å². The first-order valence-corrected chi connectivity index (χ1v) is 8.58. The van der Waals surface area contributed by atoms with Crippen LogP contribution < -0.4 is 10.6 Å². The summed E-state index contributed by atoms with van der Waals surface area (Å²) < 4.78 is 4.86. The van der Waals surface area contributed by atoms with Gasteiger partial charge >= 0.3 is 6.03 Å². The predicted molar refractivity (Wildman–Crippen MR) is 98.0 cm³/mol. The molecular weight excluding hydrogens is 336 g/mol. The van der Waals surface area contributed by atoms with Crippen LogP contribution in [0.15, 0.2) is 18.2 Å². The van der Waals surface area contributed by atoms with Gasteiger partial charge in [-0.3, -0.25) is 9.59 Å². The van der Waals surface area contributed by atoms with Gasteiger partial charge in [-0.15, -0.1) is 0 Å². The van der Waals surface area contributed by atoms with Crippen LogP contribution in [0.5, 0.6) is 0 Å². The molecule has 0 aromatic heterocycles. The Kier molecular flexibility index (Phi) is 6.97. The molecule has 1 heterocycles. The summed E-state index contributed by atoms with van der Waals surface area (Å²) >= 11 is 0. The van der Waals surface area contributed by atoms with Crippen molar-refractivity contribution in [3.05, 3.63) is 29.3 Å². The smallest absolute Gasteiger partial charge is 0.322 e.